The van der Waals surface area contributed by atoms with Crippen molar-refractivity contribution in [3.63, 3.8) is 0 Å². The molecule has 6 nitrogen and oxygen atoms in total. The van der Waals surface area contributed by atoms with Gasteiger partial charge in [-0.1, -0.05) is 29.8 Å². The first kappa shape index (κ1) is 21.7. The molecule has 7 heteroatoms. The first-order valence-corrected chi connectivity index (χ1v) is 9.80. The van der Waals surface area contributed by atoms with Gasteiger partial charge < -0.3 is 19.4 Å². The number of anilines is 1. The summed E-state index contributed by atoms with van der Waals surface area (Å²) >= 11 is 6.07. The third kappa shape index (κ3) is 4.30. The van der Waals surface area contributed by atoms with Crippen LogP contribution < -0.4 is 10.9 Å². The third-order valence-electron chi connectivity index (χ3n) is 4.67. The molecule has 0 radical (unpaired) electrons. The van der Waals surface area contributed by atoms with Crippen LogP contribution in [0.3, 0.4) is 0 Å². The molecule has 3 aromatic rings. The van der Waals surface area contributed by atoms with Gasteiger partial charge in [-0.2, -0.15) is 0 Å². The fourth-order valence-electron chi connectivity index (χ4n) is 3.47. The first-order valence-electron chi connectivity index (χ1n) is 9.42. The zero-order valence-corrected chi connectivity index (χ0v) is 18.0. The molecule has 1 amide bonds. The number of hydrogen-bond acceptors (Lipinski definition) is 4. The van der Waals surface area contributed by atoms with Gasteiger partial charge in [0.05, 0.1) is 11.3 Å². The molecule has 1 unspecified atom stereocenters. The lowest BCUT2D eigenvalue weighted by molar-refractivity contribution is -0.129. The molecule has 0 saturated heterocycles. The van der Waals surface area contributed by atoms with E-state index >= 15 is 0 Å². The molecular weight excluding hydrogens is 404 g/mol. The number of aromatic nitrogens is 1. The highest BCUT2D eigenvalue weighted by Crippen LogP contribution is 2.37. The van der Waals surface area contributed by atoms with E-state index in [9.17, 15) is 14.4 Å². The van der Waals surface area contributed by atoms with Crippen molar-refractivity contribution in [3.05, 3.63) is 63.5 Å². The number of pyridine rings is 1. The lowest BCUT2D eigenvalue weighted by Gasteiger charge is -2.28. The van der Waals surface area contributed by atoms with Crippen LogP contribution in [0.4, 0.5) is 5.69 Å². The molecule has 0 saturated carbocycles. The Kier molecular flexibility index (Phi) is 6.10. The Morgan fingerprint density at radius 1 is 1.07 bits per heavy atom. The fourth-order valence-corrected chi connectivity index (χ4v) is 3.60. The number of carbonyl (C=O) groups excluding carboxylic acids is 2. The number of hydrogen-bond donors (Lipinski definition) is 1. The number of nitrogens with zero attached hydrogens (tertiary/aromatic N) is 1. The van der Waals surface area contributed by atoms with Crippen LogP contribution in [-0.4, -0.2) is 22.9 Å². The molecule has 1 heterocycles. The molecule has 30 heavy (non-hydrogen) atoms. The number of ether oxygens (including phenoxy) is 1. The highest BCUT2D eigenvalue weighted by Gasteiger charge is 2.27. The molecule has 0 aliphatic heterocycles. The van der Waals surface area contributed by atoms with Crippen molar-refractivity contribution in [1.29, 1.82) is 0 Å². The average molecular weight is 427 g/mol. The molecule has 0 bridgehead atoms. The van der Waals surface area contributed by atoms with Gasteiger partial charge in [0, 0.05) is 28.7 Å². The number of carbonyl (C=O) groups is 2. The molecule has 1 atom stereocenters. The molecule has 2 aromatic carbocycles. The lowest BCUT2D eigenvalue weighted by Crippen LogP contribution is -2.30. The Labute approximate surface area is 179 Å². The summed E-state index contributed by atoms with van der Waals surface area (Å²) in [7, 11) is 1.61. The van der Waals surface area contributed by atoms with E-state index in [-0.39, 0.29) is 5.56 Å². The topological polar surface area (TPSA) is 77.4 Å². The Hall–Kier alpha value is -2.96. The van der Waals surface area contributed by atoms with Gasteiger partial charge in [-0.3, -0.25) is 9.59 Å². The SMILES string of the molecule is Cn1c(C(C=O)OC(C)(C)C)c(-c2ccc(Cl)cc2)c2ccc(NC=O)cc2c1=O. The summed E-state index contributed by atoms with van der Waals surface area (Å²) in [5, 5.41) is 4.20. The molecule has 1 aromatic heterocycles. The maximum Gasteiger partial charge on any atom is 0.258 e. The Morgan fingerprint density at radius 3 is 2.30 bits per heavy atom. The van der Waals surface area contributed by atoms with Gasteiger partial charge >= 0.3 is 0 Å². The summed E-state index contributed by atoms with van der Waals surface area (Å²) in [4.78, 5) is 36.1. The second-order valence-corrected chi connectivity index (χ2v) is 8.38. The summed E-state index contributed by atoms with van der Waals surface area (Å²) in [5.41, 5.74) is 1.54. The van der Waals surface area contributed by atoms with Crippen LogP contribution in [0.5, 0.6) is 0 Å². The minimum atomic E-state index is -0.953. The molecule has 156 valence electrons. The molecule has 0 aliphatic carbocycles. The highest BCUT2D eigenvalue weighted by atomic mass is 35.5. The van der Waals surface area contributed by atoms with Gasteiger partial charge in [0.15, 0.2) is 12.4 Å². The van der Waals surface area contributed by atoms with Crippen molar-refractivity contribution in [2.45, 2.75) is 32.5 Å². The minimum absolute atomic E-state index is 0.295. The van der Waals surface area contributed by atoms with E-state index in [0.29, 0.717) is 45.4 Å². The van der Waals surface area contributed by atoms with Crippen molar-refractivity contribution >= 4 is 40.8 Å². The summed E-state index contributed by atoms with van der Waals surface area (Å²) in [6.45, 7) is 5.55. The average Bonchev–Trinajstić information content (AvgIpc) is 2.69. The number of halogens is 1. The van der Waals surface area contributed by atoms with Crippen molar-refractivity contribution in [2.24, 2.45) is 7.05 Å². The summed E-state index contributed by atoms with van der Waals surface area (Å²) in [6.07, 6.45) is 0.304. The van der Waals surface area contributed by atoms with Crippen molar-refractivity contribution in [1.82, 2.24) is 4.57 Å². The van der Waals surface area contributed by atoms with Gasteiger partial charge in [-0.25, -0.2) is 0 Å². The molecule has 0 spiro atoms. The summed E-state index contributed by atoms with van der Waals surface area (Å²) < 4.78 is 7.43. The van der Waals surface area contributed by atoms with E-state index in [0.717, 1.165) is 5.56 Å². The van der Waals surface area contributed by atoms with Gasteiger partial charge in [-0.15, -0.1) is 0 Å². The van der Waals surface area contributed by atoms with Crippen LogP contribution in [-0.2, 0) is 21.4 Å². The van der Waals surface area contributed by atoms with Crippen LogP contribution in [0.1, 0.15) is 32.6 Å². The third-order valence-corrected chi connectivity index (χ3v) is 4.93. The van der Waals surface area contributed by atoms with Gasteiger partial charge in [0.1, 0.15) is 0 Å². The lowest BCUT2D eigenvalue weighted by atomic mass is 9.94. The molecule has 0 fully saturated rings. The number of nitrogens with one attached hydrogen (secondary N) is 1. The molecular formula is C23H23ClN2O4. The monoisotopic (exact) mass is 426 g/mol. The van der Waals surface area contributed by atoms with Crippen molar-refractivity contribution in [2.75, 3.05) is 5.32 Å². The number of amides is 1. The van der Waals surface area contributed by atoms with Crippen LogP contribution in [0.25, 0.3) is 21.9 Å². The molecule has 3 rings (SSSR count). The summed E-state index contributed by atoms with van der Waals surface area (Å²) in [5.74, 6) is 0. The number of aldehydes is 1. The van der Waals surface area contributed by atoms with Crippen LogP contribution in [0.2, 0.25) is 5.02 Å². The van der Waals surface area contributed by atoms with Gasteiger partial charge in [-0.05, 0) is 56.0 Å². The van der Waals surface area contributed by atoms with Crippen molar-refractivity contribution in [3.8, 4) is 11.1 Å². The van der Waals surface area contributed by atoms with Crippen molar-refractivity contribution < 1.29 is 14.3 Å². The maximum absolute atomic E-state index is 13.2. The van der Waals surface area contributed by atoms with E-state index in [4.69, 9.17) is 16.3 Å². The van der Waals surface area contributed by atoms with Crippen LogP contribution in [0, 0.1) is 0 Å². The smallest absolute Gasteiger partial charge is 0.258 e. The zero-order valence-electron chi connectivity index (χ0n) is 17.2. The number of rotatable bonds is 6. The van der Waals surface area contributed by atoms with E-state index in [2.05, 4.69) is 5.32 Å². The van der Waals surface area contributed by atoms with Gasteiger partial charge in [0.2, 0.25) is 6.41 Å². The number of benzene rings is 2. The zero-order chi connectivity index (χ0) is 22.1. The molecule has 1 N–H and O–H groups in total. The van der Waals surface area contributed by atoms with E-state index in [1.807, 2.05) is 32.9 Å². The standard InChI is InChI=1S/C23H23ClN2O4/c1-23(2,3)30-19(12-27)21-20(14-5-7-15(24)8-6-14)17-10-9-16(25-13-28)11-18(17)22(29)26(21)4/h5-13,19H,1-4H3,(H,25,28). The van der Waals surface area contributed by atoms with Crippen LogP contribution in [0.15, 0.2) is 47.3 Å². The van der Waals surface area contributed by atoms with Crippen LogP contribution >= 0.6 is 11.6 Å². The molecule has 0 aliphatic rings. The Bertz CT molecular complexity index is 1160. The van der Waals surface area contributed by atoms with E-state index < -0.39 is 11.7 Å². The minimum Gasteiger partial charge on any atom is -0.359 e. The Balaban J connectivity index is 2.43. The Morgan fingerprint density at radius 2 is 1.73 bits per heavy atom. The van der Waals surface area contributed by atoms with E-state index in [1.54, 1.807) is 37.4 Å². The largest absolute Gasteiger partial charge is 0.359 e. The second kappa shape index (κ2) is 8.42. The second-order valence-electron chi connectivity index (χ2n) is 7.94. The van der Waals surface area contributed by atoms with E-state index in [1.165, 1.54) is 4.57 Å². The predicted octanol–water partition coefficient (Wildman–Crippen LogP) is 4.48. The predicted molar refractivity (Wildman–Crippen MR) is 119 cm³/mol. The quantitative estimate of drug-likeness (QED) is 0.589. The highest BCUT2D eigenvalue weighted by molar-refractivity contribution is 6.30. The normalized spacial score (nSPS) is 12.6. The fraction of sp³-hybridized carbons (Fsp3) is 0.261. The maximum atomic E-state index is 13.2. The van der Waals surface area contributed by atoms with Gasteiger partial charge in [0.25, 0.3) is 5.56 Å². The first-order chi connectivity index (χ1) is 14.2. The number of fused-ring (bicyclic) bond motifs is 1. The summed E-state index contributed by atoms with van der Waals surface area (Å²) in [6, 6.07) is 12.3.